The van der Waals surface area contributed by atoms with Gasteiger partial charge >= 0.3 is 0 Å². The van der Waals surface area contributed by atoms with Gasteiger partial charge in [0.15, 0.2) is 0 Å². The molecule has 2 atom stereocenters. The van der Waals surface area contributed by atoms with E-state index < -0.39 is 0 Å². The van der Waals surface area contributed by atoms with E-state index in [9.17, 15) is 4.79 Å². The highest BCUT2D eigenvalue weighted by Crippen LogP contribution is 2.63. The van der Waals surface area contributed by atoms with E-state index in [0.29, 0.717) is 5.69 Å². The average molecular weight is 374 g/mol. The molecule has 0 aliphatic heterocycles. The summed E-state index contributed by atoms with van der Waals surface area (Å²) in [5.41, 5.74) is 3.06. The molecular weight excluding hydrogens is 346 g/mol. The number of fused-ring (bicyclic) bond motifs is 2. The zero-order valence-corrected chi connectivity index (χ0v) is 16.4. The van der Waals surface area contributed by atoms with Crippen LogP contribution in [-0.2, 0) is 6.54 Å². The number of H-pyrrole nitrogens is 1. The van der Waals surface area contributed by atoms with Gasteiger partial charge in [-0.2, -0.15) is 0 Å². The van der Waals surface area contributed by atoms with Crippen molar-refractivity contribution >= 4 is 16.8 Å². The van der Waals surface area contributed by atoms with Gasteiger partial charge in [-0.3, -0.25) is 4.79 Å². The molecule has 1 heterocycles. The third-order valence-electron chi connectivity index (χ3n) is 6.87. The number of nitrogens with one attached hydrogen (secondary N) is 2. The first-order valence-corrected chi connectivity index (χ1v) is 10.4. The summed E-state index contributed by atoms with van der Waals surface area (Å²) in [5, 5.41) is 4.93. The van der Waals surface area contributed by atoms with Crippen molar-refractivity contribution in [1.82, 2.24) is 15.2 Å². The van der Waals surface area contributed by atoms with Crippen LogP contribution in [0.25, 0.3) is 10.9 Å². The van der Waals surface area contributed by atoms with Crippen LogP contribution >= 0.6 is 0 Å². The number of likely N-dealkylation sites (N-methyl/N-ethyl adjacent to an activating group) is 1. The Morgan fingerprint density at radius 2 is 1.89 bits per heavy atom. The molecular formula is C24H27N3O. The molecule has 28 heavy (non-hydrogen) atoms. The summed E-state index contributed by atoms with van der Waals surface area (Å²) in [6.07, 6.45) is 4.48. The second-order valence-electron chi connectivity index (χ2n) is 8.30. The quantitative estimate of drug-likeness (QED) is 0.669. The first-order valence-electron chi connectivity index (χ1n) is 10.4. The van der Waals surface area contributed by atoms with Gasteiger partial charge in [-0.1, -0.05) is 48.5 Å². The van der Waals surface area contributed by atoms with Crippen molar-refractivity contribution in [3.63, 3.8) is 0 Å². The fourth-order valence-electron chi connectivity index (χ4n) is 5.43. The second kappa shape index (κ2) is 6.49. The molecule has 1 amide bonds. The Labute approximate surface area is 165 Å². The van der Waals surface area contributed by atoms with E-state index in [4.69, 9.17) is 0 Å². The normalized spacial score (nSPS) is 25.6. The Morgan fingerprint density at radius 3 is 2.68 bits per heavy atom. The van der Waals surface area contributed by atoms with Gasteiger partial charge in [0.2, 0.25) is 0 Å². The molecule has 0 radical (unpaired) electrons. The number of benzene rings is 2. The lowest BCUT2D eigenvalue weighted by atomic mass is 10.1. The fourth-order valence-corrected chi connectivity index (χ4v) is 5.43. The number of nitrogens with zero attached hydrogens (tertiary/aromatic N) is 1. The van der Waals surface area contributed by atoms with Gasteiger partial charge < -0.3 is 15.2 Å². The maximum absolute atomic E-state index is 13.4. The topological polar surface area (TPSA) is 48.1 Å². The van der Waals surface area contributed by atoms with Crippen LogP contribution in [0.2, 0.25) is 0 Å². The SMILES string of the molecule is CCN(C(=O)c1cc2ccccc2[nH]1)[C@@]12CCC[C@]1(NCc1ccccc1)C2. The van der Waals surface area contributed by atoms with Gasteiger partial charge in [-0.05, 0) is 50.3 Å². The third kappa shape index (κ3) is 2.59. The van der Waals surface area contributed by atoms with Crippen LogP contribution in [0, 0.1) is 0 Å². The van der Waals surface area contributed by atoms with E-state index in [1.807, 2.05) is 24.3 Å². The number of para-hydroxylation sites is 1. The molecule has 2 aliphatic rings. The number of hydrogen-bond acceptors (Lipinski definition) is 2. The van der Waals surface area contributed by atoms with Gasteiger partial charge in [-0.25, -0.2) is 0 Å². The summed E-state index contributed by atoms with van der Waals surface area (Å²) >= 11 is 0. The summed E-state index contributed by atoms with van der Waals surface area (Å²) in [5.74, 6) is 0.129. The number of aromatic nitrogens is 1. The van der Waals surface area contributed by atoms with Crippen molar-refractivity contribution in [3.8, 4) is 0 Å². The molecule has 2 N–H and O–H groups in total. The van der Waals surface area contributed by atoms with Gasteiger partial charge in [-0.15, -0.1) is 0 Å². The number of amides is 1. The minimum absolute atomic E-state index is 0.0368. The van der Waals surface area contributed by atoms with Gasteiger partial charge in [0, 0.05) is 29.5 Å². The molecule has 2 saturated carbocycles. The molecule has 3 aromatic rings. The highest BCUT2D eigenvalue weighted by Gasteiger charge is 2.73. The van der Waals surface area contributed by atoms with E-state index in [0.717, 1.165) is 43.3 Å². The molecule has 2 fully saturated rings. The largest absolute Gasteiger partial charge is 0.351 e. The summed E-state index contributed by atoms with van der Waals surface area (Å²) in [6, 6.07) is 20.6. The maximum Gasteiger partial charge on any atom is 0.270 e. The fraction of sp³-hybridized carbons (Fsp3) is 0.375. The molecule has 0 unspecified atom stereocenters. The Morgan fingerprint density at radius 1 is 1.11 bits per heavy atom. The summed E-state index contributed by atoms with van der Waals surface area (Å²) in [6.45, 7) is 3.71. The standard InChI is InChI=1S/C24H27N3O/c1-2-27(22(28)21-15-19-11-6-7-12-20(19)26-21)24-14-8-13-23(24,17-24)25-16-18-9-4-3-5-10-18/h3-7,9-12,15,25-26H,2,8,13-14,16-17H2,1H3/t23-,24+/m0/s1. The summed E-state index contributed by atoms with van der Waals surface area (Å²) in [7, 11) is 0. The van der Waals surface area contributed by atoms with Crippen LogP contribution in [0.1, 0.15) is 48.7 Å². The van der Waals surface area contributed by atoms with E-state index >= 15 is 0 Å². The molecule has 1 aromatic heterocycles. The van der Waals surface area contributed by atoms with Crippen molar-refractivity contribution in [2.45, 2.75) is 50.2 Å². The zero-order valence-electron chi connectivity index (χ0n) is 16.4. The lowest BCUT2D eigenvalue weighted by Gasteiger charge is -2.32. The molecule has 144 valence electrons. The van der Waals surface area contributed by atoms with E-state index in [2.05, 4.69) is 58.5 Å². The minimum Gasteiger partial charge on any atom is -0.351 e. The van der Waals surface area contributed by atoms with Crippen LogP contribution in [0.3, 0.4) is 0 Å². The van der Waals surface area contributed by atoms with E-state index in [-0.39, 0.29) is 17.0 Å². The highest BCUT2D eigenvalue weighted by atomic mass is 16.2. The van der Waals surface area contributed by atoms with Crippen molar-refractivity contribution in [2.24, 2.45) is 0 Å². The van der Waals surface area contributed by atoms with Gasteiger partial charge in [0.1, 0.15) is 5.69 Å². The monoisotopic (exact) mass is 373 g/mol. The van der Waals surface area contributed by atoms with Gasteiger partial charge in [0.05, 0.1) is 5.54 Å². The van der Waals surface area contributed by atoms with Crippen molar-refractivity contribution in [2.75, 3.05) is 6.54 Å². The minimum atomic E-state index is -0.0368. The van der Waals surface area contributed by atoms with Crippen molar-refractivity contribution in [3.05, 3.63) is 71.9 Å². The van der Waals surface area contributed by atoms with Crippen molar-refractivity contribution < 1.29 is 4.79 Å². The average Bonchev–Trinajstić information content (AvgIpc) is 3.04. The predicted molar refractivity (Wildman–Crippen MR) is 112 cm³/mol. The van der Waals surface area contributed by atoms with Crippen LogP contribution in [0.5, 0.6) is 0 Å². The molecule has 0 spiro atoms. The zero-order chi connectivity index (χ0) is 19.2. The van der Waals surface area contributed by atoms with Crippen LogP contribution in [0.4, 0.5) is 0 Å². The first-order chi connectivity index (χ1) is 13.7. The Bertz CT molecular complexity index is 978. The first kappa shape index (κ1) is 17.5. The highest BCUT2D eigenvalue weighted by molar-refractivity contribution is 5.98. The number of aromatic amines is 1. The van der Waals surface area contributed by atoms with Crippen LogP contribution < -0.4 is 5.32 Å². The molecule has 4 nitrogen and oxygen atoms in total. The smallest absolute Gasteiger partial charge is 0.270 e. The predicted octanol–water partition coefficient (Wildman–Crippen LogP) is 4.49. The summed E-state index contributed by atoms with van der Waals surface area (Å²) in [4.78, 5) is 18.9. The molecule has 4 heteroatoms. The second-order valence-corrected chi connectivity index (χ2v) is 8.30. The van der Waals surface area contributed by atoms with Gasteiger partial charge in [0.25, 0.3) is 5.91 Å². The molecule has 2 aliphatic carbocycles. The van der Waals surface area contributed by atoms with Crippen molar-refractivity contribution in [1.29, 1.82) is 0 Å². The number of rotatable bonds is 6. The lowest BCUT2D eigenvalue weighted by Crippen LogP contribution is -2.49. The number of carbonyl (C=O) groups excluding carboxylic acids is 1. The van der Waals surface area contributed by atoms with E-state index in [1.165, 1.54) is 12.0 Å². The molecule has 5 rings (SSSR count). The molecule has 0 saturated heterocycles. The Hall–Kier alpha value is -2.59. The molecule has 2 aromatic carbocycles. The summed E-state index contributed by atoms with van der Waals surface area (Å²) < 4.78 is 0. The van der Waals surface area contributed by atoms with Crippen LogP contribution in [-0.4, -0.2) is 33.4 Å². The van der Waals surface area contributed by atoms with E-state index in [1.54, 1.807) is 0 Å². The maximum atomic E-state index is 13.4. The lowest BCUT2D eigenvalue weighted by molar-refractivity contribution is 0.0631. The number of hydrogen-bond donors (Lipinski definition) is 2. The Kier molecular flexibility index (Phi) is 4.06. The Balaban J connectivity index is 1.39. The number of carbonyl (C=O) groups is 1. The van der Waals surface area contributed by atoms with Crippen LogP contribution in [0.15, 0.2) is 60.7 Å². The molecule has 0 bridgehead atoms. The third-order valence-corrected chi connectivity index (χ3v) is 6.87.